The van der Waals surface area contributed by atoms with Crippen molar-refractivity contribution in [1.82, 2.24) is 0 Å². The average molecular weight is 277 g/mol. The molecule has 1 amide bonds. The third-order valence-corrected chi connectivity index (χ3v) is 3.48. The lowest BCUT2D eigenvalue weighted by Gasteiger charge is -2.09. The summed E-state index contributed by atoms with van der Waals surface area (Å²) in [4.78, 5) is 11.5. The van der Waals surface area contributed by atoms with Crippen LogP contribution in [0.1, 0.15) is 6.92 Å². The van der Waals surface area contributed by atoms with E-state index < -0.39 is 10.0 Å². The van der Waals surface area contributed by atoms with Gasteiger partial charge in [0.15, 0.2) is 0 Å². The van der Waals surface area contributed by atoms with Crippen molar-refractivity contribution in [2.45, 2.75) is 11.8 Å². The number of carbonyl (C=O) groups excluding carboxylic acids is 1. The maximum atomic E-state index is 11.5. The lowest BCUT2D eigenvalue weighted by Crippen LogP contribution is -2.21. The van der Waals surface area contributed by atoms with Crippen molar-refractivity contribution in [3.8, 4) is 0 Å². The predicted octanol–water partition coefficient (Wildman–Crippen LogP) is 1.15. The zero-order chi connectivity index (χ0) is 13.1. The normalized spacial score (nSPS) is 13.1. The van der Waals surface area contributed by atoms with Crippen molar-refractivity contribution in [2.75, 3.05) is 11.2 Å². The summed E-state index contributed by atoms with van der Waals surface area (Å²) < 4.78 is 22.2. The fraction of sp³-hybridized carbons (Fsp3) is 0.300. The van der Waals surface area contributed by atoms with Crippen LogP contribution in [0.5, 0.6) is 0 Å². The molecule has 1 atom stereocenters. The molecular weight excluding hydrogens is 264 g/mol. The van der Waals surface area contributed by atoms with E-state index in [1.807, 2.05) is 0 Å². The highest BCUT2D eigenvalue weighted by Gasteiger charge is 2.13. The second-order valence-electron chi connectivity index (χ2n) is 3.62. The smallest absolute Gasteiger partial charge is 0.238 e. The first kappa shape index (κ1) is 14.0. The van der Waals surface area contributed by atoms with E-state index in [1.165, 1.54) is 18.2 Å². The minimum Gasteiger partial charge on any atom is -0.326 e. The van der Waals surface area contributed by atoms with E-state index in [9.17, 15) is 13.2 Å². The molecule has 0 fully saturated rings. The van der Waals surface area contributed by atoms with Crippen LogP contribution in [0, 0.1) is 5.92 Å². The van der Waals surface area contributed by atoms with E-state index in [-0.39, 0.29) is 22.6 Å². The molecule has 1 unspecified atom stereocenters. The number of amides is 1. The number of alkyl halides is 1. The van der Waals surface area contributed by atoms with Gasteiger partial charge in [-0.1, -0.05) is 13.0 Å². The Morgan fingerprint density at radius 1 is 1.53 bits per heavy atom. The van der Waals surface area contributed by atoms with Crippen molar-refractivity contribution in [1.29, 1.82) is 0 Å². The minimum absolute atomic E-state index is 0.0474. The molecule has 17 heavy (non-hydrogen) atoms. The van der Waals surface area contributed by atoms with Gasteiger partial charge in [-0.15, -0.1) is 11.6 Å². The average Bonchev–Trinajstić information content (AvgIpc) is 2.27. The standard InChI is InChI=1S/C10H13ClN2O3S/c1-7(6-11)10(14)13-8-3-2-4-9(5-8)17(12,15)16/h2-5,7H,6H2,1H3,(H,13,14)(H2,12,15,16). The Morgan fingerprint density at radius 2 is 2.18 bits per heavy atom. The van der Waals surface area contributed by atoms with Gasteiger partial charge in [0.2, 0.25) is 15.9 Å². The Balaban J connectivity index is 2.91. The molecule has 5 nitrogen and oxygen atoms in total. The Morgan fingerprint density at radius 3 is 2.71 bits per heavy atom. The van der Waals surface area contributed by atoms with Gasteiger partial charge >= 0.3 is 0 Å². The molecule has 0 saturated heterocycles. The molecule has 0 heterocycles. The maximum absolute atomic E-state index is 11.5. The highest BCUT2D eigenvalue weighted by atomic mass is 35.5. The lowest BCUT2D eigenvalue weighted by atomic mass is 10.2. The summed E-state index contributed by atoms with van der Waals surface area (Å²) >= 11 is 5.54. The topological polar surface area (TPSA) is 89.3 Å². The maximum Gasteiger partial charge on any atom is 0.238 e. The number of anilines is 1. The predicted molar refractivity (Wildman–Crippen MR) is 66.3 cm³/mol. The zero-order valence-electron chi connectivity index (χ0n) is 9.18. The lowest BCUT2D eigenvalue weighted by molar-refractivity contribution is -0.118. The number of primary sulfonamides is 1. The monoisotopic (exact) mass is 276 g/mol. The number of sulfonamides is 1. The van der Waals surface area contributed by atoms with Gasteiger partial charge in [0.1, 0.15) is 0 Å². The van der Waals surface area contributed by atoms with Crippen molar-refractivity contribution in [2.24, 2.45) is 11.1 Å². The first-order valence-electron chi connectivity index (χ1n) is 4.84. The van der Waals surface area contributed by atoms with Gasteiger partial charge < -0.3 is 5.32 Å². The molecule has 0 spiro atoms. The number of nitrogens with two attached hydrogens (primary N) is 1. The molecular formula is C10H13ClN2O3S. The number of hydrogen-bond donors (Lipinski definition) is 2. The summed E-state index contributed by atoms with van der Waals surface area (Å²) in [5.74, 6) is -0.429. The van der Waals surface area contributed by atoms with E-state index in [2.05, 4.69) is 5.32 Å². The fourth-order valence-electron chi connectivity index (χ4n) is 1.09. The number of rotatable bonds is 4. The van der Waals surface area contributed by atoms with Crippen molar-refractivity contribution >= 4 is 33.2 Å². The van der Waals surface area contributed by atoms with Crippen LogP contribution in [-0.4, -0.2) is 20.2 Å². The molecule has 0 radical (unpaired) electrons. The van der Waals surface area contributed by atoms with Crippen LogP contribution < -0.4 is 10.5 Å². The number of hydrogen-bond acceptors (Lipinski definition) is 3. The fourth-order valence-corrected chi connectivity index (χ4v) is 1.79. The van der Waals surface area contributed by atoms with Crippen LogP contribution in [0.3, 0.4) is 0 Å². The summed E-state index contributed by atoms with van der Waals surface area (Å²) in [5.41, 5.74) is 0.374. The highest BCUT2D eigenvalue weighted by Crippen LogP contribution is 2.15. The van der Waals surface area contributed by atoms with E-state index in [4.69, 9.17) is 16.7 Å². The Bertz CT molecular complexity index is 516. The van der Waals surface area contributed by atoms with Crippen LogP contribution >= 0.6 is 11.6 Å². The molecule has 3 N–H and O–H groups in total. The minimum atomic E-state index is -3.76. The molecule has 7 heteroatoms. The van der Waals surface area contributed by atoms with E-state index >= 15 is 0 Å². The molecule has 1 rings (SSSR count). The first-order chi connectivity index (χ1) is 7.84. The molecule has 1 aromatic carbocycles. The van der Waals surface area contributed by atoms with Crippen LogP contribution in [0.2, 0.25) is 0 Å². The van der Waals surface area contributed by atoms with Gasteiger partial charge in [-0.05, 0) is 18.2 Å². The van der Waals surface area contributed by atoms with Gasteiger partial charge in [0.05, 0.1) is 4.90 Å². The van der Waals surface area contributed by atoms with Crippen LogP contribution in [0.4, 0.5) is 5.69 Å². The molecule has 0 aliphatic carbocycles. The van der Waals surface area contributed by atoms with Gasteiger partial charge in [0.25, 0.3) is 0 Å². The molecule has 0 aliphatic rings. The molecule has 0 bridgehead atoms. The van der Waals surface area contributed by atoms with E-state index in [0.717, 1.165) is 0 Å². The van der Waals surface area contributed by atoms with E-state index in [0.29, 0.717) is 5.69 Å². The SMILES string of the molecule is CC(CCl)C(=O)Nc1cccc(S(N)(=O)=O)c1. The van der Waals surface area contributed by atoms with Crippen molar-refractivity contribution < 1.29 is 13.2 Å². The Kier molecular flexibility index (Phi) is 4.50. The van der Waals surface area contributed by atoms with Crippen molar-refractivity contribution in [3.63, 3.8) is 0 Å². The molecule has 0 aromatic heterocycles. The number of halogens is 1. The second-order valence-corrected chi connectivity index (χ2v) is 5.49. The van der Waals surface area contributed by atoms with Gasteiger partial charge in [-0.2, -0.15) is 0 Å². The van der Waals surface area contributed by atoms with Gasteiger partial charge in [-0.3, -0.25) is 4.79 Å². The van der Waals surface area contributed by atoms with Crippen LogP contribution in [0.25, 0.3) is 0 Å². The summed E-state index contributed by atoms with van der Waals surface area (Å²) in [5, 5.41) is 7.54. The largest absolute Gasteiger partial charge is 0.326 e. The summed E-state index contributed by atoms with van der Waals surface area (Å²) in [6, 6.07) is 5.73. The first-order valence-corrected chi connectivity index (χ1v) is 6.92. The quantitative estimate of drug-likeness (QED) is 0.809. The Hall–Kier alpha value is -1.11. The molecule has 0 saturated carbocycles. The number of carbonyl (C=O) groups is 1. The number of nitrogens with one attached hydrogen (secondary N) is 1. The summed E-state index contributed by atoms with van der Waals surface area (Å²) in [6.45, 7) is 1.67. The van der Waals surface area contributed by atoms with Gasteiger partial charge in [0, 0.05) is 17.5 Å². The van der Waals surface area contributed by atoms with Crippen LogP contribution in [-0.2, 0) is 14.8 Å². The Labute approximate surface area is 105 Å². The number of benzene rings is 1. The van der Waals surface area contributed by atoms with Crippen LogP contribution in [0.15, 0.2) is 29.2 Å². The second kappa shape index (κ2) is 5.48. The molecule has 0 aliphatic heterocycles. The van der Waals surface area contributed by atoms with E-state index in [1.54, 1.807) is 13.0 Å². The molecule has 94 valence electrons. The van der Waals surface area contributed by atoms with Crippen molar-refractivity contribution in [3.05, 3.63) is 24.3 Å². The zero-order valence-corrected chi connectivity index (χ0v) is 10.8. The summed E-state index contributed by atoms with van der Waals surface area (Å²) in [7, 11) is -3.76. The third kappa shape index (κ3) is 3.99. The van der Waals surface area contributed by atoms with Gasteiger partial charge in [-0.25, -0.2) is 13.6 Å². The molecule has 1 aromatic rings. The highest BCUT2D eigenvalue weighted by molar-refractivity contribution is 7.89. The summed E-state index contributed by atoms with van der Waals surface area (Å²) in [6.07, 6.45) is 0. The third-order valence-electron chi connectivity index (χ3n) is 2.11.